The van der Waals surface area contributed by atoms with Crippen LogP contribution in [0, 0.1) is 17.0 Å². The summed E-state index contributed by atoms with van der Waals surface area (Å²) >= 11 is 0. The Balaban J connectivity index is 2.41. The topological polar surface area (TPSA) is 108 Å². The summed E-state index contributed by atoms with van der Waals surface area (Å²) in [6.07, 6.45) is 0. The fourth-order valence-electron chi connectivity index (χ4n) is 2.33. The molecule has 2 aromatic carbocycles. The number of nitro groups is 1. The van der Waals surface area contributed by atoms with E-state index in [1.54, 1.807) is 6.92 Å². The quantitative estimate of drug-likeness (QED) is 0.555. The van der Waals surface area contributed by atoms with Crippen molar-refractivity contribution in [3.05, 3.63) is 52.1 Å². The fraction of sp³-hybridized carbons (Fsp3) is 0.294. The van der Waals surface area contributed by atoms with E-state index in [9.17, 15) is 18.5 Å². The van der Waals surface area contributed by atoms with Gasteiger partial charge in [-0.15, -0.1) is 0 Å². The number of nitrogens with one attached hydrogen (secondary N) is 1. The summed E-state index contributed by atoms with van der Waals surface area (Å²) in [5.74, 6) is 0.757. The molecule has 0 unspecified atom stereocenters. The van der Waals surface area contributed by atoms with Crippen LogP contribution in [0.15, 0.2) is 41.3 Å². The summed E-state index contributed by atoms with van der Waals surface area (Å²) in [5.41, 5.74) is 0.218. The molecular weight excluding hydrogens is 360 g/mol. The second kappa shape index (κ2) is 8.05. The van der Waals surface area contributed by atoms with E-state index in [1.165, 1.54) is 43.3 Å². The van der Waals surface area contributed by atoms with Gasteiger partial charge in [0.15, 0.2) is 11.5 Å². The van der Waals surface area contributed by atoms with Crippen LogP contribution in [0.1, 0.15) is 19.4 Å². The molecule has 0 aliphatic heterocycles. The maximum absolute atomic E-state index is 12.7. The van der Waals surface area contributed by atoms with Gasteiger partial charge in [0.05, 0.1) is 34.3 Å². The van der Waals surface area contributed by atoms with Crippen LogP contribution in [-0.2, 0) is 10.0 Å². The van der Waals surface area contributed by atoms with Crippen LogP contribution in [0.3, 0.4) is 0 Å². The number of nitrogens with zero attached hydrogens (tertiary/aromatic N) is 1. The average Bonchev–Trinajstić information content (AvgIpc) is 2.58. The van der Waals surface area contributed by atoms with Gasteiger partial charge in [-0.25, -0.2) is 8.42 Å². The van der Waals surface area contributed by atoms with Crippen LogP contribution >= 0.6 is 0 Å². The lowest BCUT2D eigenvalue weighted by Crippen LogP contribution is -2.14. The van der Waals surface area contributed by atoms with E-state index in [-0.39, 0.29) is 21.8 Å². The first-order chi connectivity index (χ1) is 12.3. The minimum atomic E-state index is -3.96. The second-order valence-electron chi connectivity index (χ2n) is 5.29. The molecule has 2 rings (SSSR count). The van der Waals surface area contributed by atoms with Crippen molar-refractivity contribution in [3.8, 4) is 11.5 Å². The molecule has 8 nitrogen and oxygen atoms in total. The molecule has 0 aromatic heterocycles. The lowest BCUT2D eigenvalue weighted by atomic mass is 10.2. The Hall–Kier alpha value is -2.81. The van der Waals surface area contributed by atoms with Crippen LogP contribution in [-0.4, -0.2) is 26.6 Å². The highest BCUT2D eigenvalue weighted by atomic mass is 32.2. The van der Waals surface area contributed by atoms with Gasteiger partial charge in [-0.3, -0.25) is 14.8 Å². The summed E-state index contributed by atoms with van der Waals surface area (Å²) < 4.78 is 38.6. The van der Waals surface area contributed by atoms with Gasteiger partial charge in [0.2, 0.25) is 0 Å². The summed E-state index contributed by atoms with van der Waals surface area (Å²) in [6.45, 7) is 5.84. The molecule has 0 saturated carbocycles. The third kappa shape index (κ3) is 4.23. The third-order valence-electron chi connectivity index (χ3n) is 3.57. The monoisotopic (exact) mass is 380 g/mol. The lowest BCUT2D eigenvalue weighted by molar-refractivity contribution is -0.385. The predicted octanol–water partition coefficient (Wildman–Crippen LogP) is 3.50. The molecule has 0 atom stereocenters. The molecule has 0 aliphatic carbocycles. The molecule has 9 heteroatoms. The summed E-state index contributed by atoms with van der Waals surface area (Å²) in [5, 5.41) is 11.0. The number of hydrogen-bond acceptors (Lipinski definition) is 6. The summed E-state index contributed by atoms with van der Waals surface area (Å²) in [4.78, 5) is 10.4. The molecule has 0 spiro atoms. The van der Waals surface area contributed by atoms with E-state index in [2.05, 4.69) is 4.72 Å². The normalized spacial score (nSPS) is 11.0. The molecule has 0 fully saturated rings. The van der Waals surface area contributed by atoms with E-state index in [0.717, 1.165) is 0 Å². The number of rotatable bonds is 8. The van der Waals surface area contributed by atoms with E-state index < -0.39 is 14.9 Å². The molecule has 0 radical (unpaired) electrons. The molecule has 0 amide bonds. The first-order valence-corrected chi connectivity index (χ1v) is 9.45. The molecule has 0 aliphatic rings. The number of benzene rings is 2. The Morgan fingerprint density at radius 2 is 1.73 bits per heavy atom. The zero-order chi connectivity index (χ0) is 19.3. The van der Waals surface area contributed by atoms with Gasteiger partial charge >= 0.3 is 0 Å². The summed E-state index contributed by atoms with van der Waals surface area (Å²) in [7, 11) is -3.96. The van der Waals surface area contributed by atoms with E-state index >= 15 is 0 Å². The van der Waals surface area contributed by atoms with Crippen molar-refractivity contribution in [2.45, 2.75) is 25.7 Å². The molecule has 0 saturated heterocycles. The van der Waals surface area contributed by atoms with Gasteiger partial charge in [0.1, 0.15) is 0 Å². The predicted molar refractivity (Wildman–Crippen MR) is 97.4 cm³/mol. The number of nitro benzene ring substituents is 1. The first kappa shape index (κ1) is 19.5. The number of sulfonamides is 1. The Kier molecular flexibility index (Phi) is 6.04. The molecule has 0 bridgehead atoms. The van der Waals surface area contributed by atoms with Crippen molar-refractivity contribution >= 4 is 21.4 Å². The van der Waals surface area contributed by atoms with Crippen LogP contribution in [0.2, 0.25) is 0 Å². The van der Waals surface area contributed by atoms with Gasteiger partial charge in [-0.2, -0.15) is 0 Å². The van der Waals surface area contributed by atoms with Crippen molar-refractivity contribution in [2.75, 3.05) is 17.9 Å². The second-order valence-corrected chi connectivity index (χ2v) is 6.97. The van der Waals surface area contributed by atoms with Gasteiger partial charge in [-0.1, -0.05) is 6.07 Å². The standard InChI is InChI=1S/C17H20N2O6S/c1-4-24-16-10-9-13(11-17(16)25-5-2)26(22,23)18-14-7-6-8-15(12(14)3)19(20)21/h6-11,18H,4-5H2,1-3H3. The number of anilines is 1. The van der Waals surface area contributed by atoms with E-state index in [4.69, 9.17) is 9.47 Å². The molecule has 2 aromatic rings. The van der Waals surface area contributed by atoms with Crippen LogP contribution in [0.25, 0.3) is 0 Å². The highest BCUT2D eigenvalue weighted by molar-refractivity contribution is 7.92. The smallest absolute Gasteiger partial charge is 0.274 e. The average molecular weight is 380 g/mol. The third-order valence-corrected chi connectivity index (χ3v) is 4.93. The van der Waals surface area contributed by atoms with Crippen molar-refractivity contribution < 1.29 is 22.8 Å². The highest BCUT2D eigenvalue weighted by Gasteiger charge is 2.21. The highest BCUT2D eigenvalue weighted by Crippen LogP contribution is 2.32. The minimum Gasteiger partial charge on any atom is -0.490 e. The largest absolute Gasteiger partial charge is 0.490 e. The Bertz CT molecular complexity index is 911. The molecule has 140 valence electrons. The Labute approximate surface area is 152 Å². The number of hydrogen-bond donors (Lipinski definition) is 1. The van der Waals surface area contributed by atoms with Gasteiger partial charge in [-0.05, 0) is 39.0 Å². The first-order valence-electron chi connectivity index (χ1n) is 7.96. The minimum absolute atomic E-state index is 0.0321. The van der Waals surface area contributed by atoms with Crippen molar-refractivity contribution in [1.29, 1.82) is 0 Å². The lowest BCUT2D eigenvalue weighted by Gasteiger charge is -2.14. The van der Waals surface area contributed by atoms with Crippen LogP contribution < -0.4 is 14.2 Å². The maximum Gasteiger partial charge on any atom is 0.274 e. The molecule has 0 heterocycles. The van der Waals surface area contributed by atoms with Crippen molar-refractivity contribution in [2.24, 2.45) is 0 Å². The molecular formula is C17H20N2O6S. The molecule has 1 N–H and O–H groups in total. The maximum atomic E-state index is 12.7. The molecule has 26 heavy (non-hydrogen) atoms. The van der Waals surface area contributed by atoms with Gasteiger partial charge in [0.25, 0.3) is 15.7 Å². The summed E-state index contributed by atoms with van der Waals surface area (Å²) in [6, 6.07) is 8.48. The number of ether oxygens (including phenoxy) is 2. The van der Waals surface area contributed by atoms with Gasteiger partial charge < -0.3 is 9.47 Å². The SMILES string of the molecule is CCOc1ccc(S(=O)(=O)Nc2cccc([N+](=O)[O-])c2C)cc1OCC. The fourth-order valence-corrected chi connectivity index (χ4v) is 3.47. The van der Waals surface area contributed by atoms with E-state index in [0.29, 0.717) is 24.7 Å². The van der Waals surface area contributed by atoms with Crippen LogP contribution in [0.5, 0.6) is 11.5 Å². The van der Waals surface area contributed by atoms with Gasteiger partial charge in [0, 0.05) is 12.1 Å². The Morgan fingerprint density at radius 1 is 1.08 bits per heavy atom. The van der Waals surface area contributed by atoms with Crippen molar-refractivity contribution in [3.63, 3.8) is 0 Å². The van der Waals surface area contributed by atoms with Crippen molar-refractivity contribution in [1.82, 2.24) is 0 Å². The zero-order valence-electron chi connectivity index (χ0n) is 14.7. The zero-order valence-corrected chi connectivity index (χ0v) is 15.5. The Morgan fingerprint density at radius 3 is 2.35 bits per heavy atom. The van der Waals surface area contributed by atoms with Crippen LogP contribution in [0.4, 0.5) is 11.4 Å². The van der Waals surface area contributed by atoms with E-state index in [1.807, 2.05) is 6.92 Å².